The van der Waals surface area contributed by atoms with Crippen molar-refractivity contribution in [2.75, 3.05) is 17.2 Å². The van der Waals surface area contributed by atoms with Gasteiger partial charge in [-0.2, -0.15) is 0 Å². The summed E-state index contributed by atoms with van der Waals surface area (Å²) >= 11 is 0. The molecule has 2 aromatic rings. The summed E-state index contributed by atoms with van der Waals surface area (Å²) in [6, 6.07) is 8.66. The first-order chi connectivity index (χ1) is 11.1. The lowest BCUT2D eigenvalue weighted by Gasteiger charge is -2.11. The summed E-state index contributed by atoms with van der Waals surface area (Å²) in [5.74, 6) is -0.312. The Hall–Kier alpha value is -2.73. The largest absolute Gasteiger partial charge is 0.330 e. The van der Waals surface area contributed by atoms with Gasteiger partial charge in [0, 0.05) is 35.8 Å². The number of aromatic nitrogens is 1. The van der Waals surface area contributed by atoms with Crippen molar-refractivity contribution in [2.24, 2.45) is 5.73 Å². The highest BCUT2D eigenvalue weighted by atomic mass is 16.2. The summed E-state index contributed by atoms with van der Waals surface area (Å²) in [7, 11) is 0. The number of amides is 2. The predicted molar refractivity (Wildman–Crippen MR) is 90.3 cm³/mol. The molecule has 2 rings (SSSR count). The molecule has 0 spiro atoms. The van der Waals surface area contributed by atoms with Crippen LogP contribution in [0.5, 0.6) is 0 Å². The van der Waals surface area contributed by atoms with E-state index in [4.69, 9.17) is 5.73 Å². The van der Waals surface area contributed by atoms with Crippen molar-refractivity contribution < 1.29 is 9.59 Å². The van der Waals surface area contributed by atoms with Crippen molar-refractivity contribution in [3.8, 4) is 0 Å². The minimum absolute atomic E-state index is 0.0869. The van der Waals surface area contributed by atoms with E-state index in [0.29, 0.717) is 36.3 Å². The van der Waals surface area contributed by atoms with Crippen LogP contribution >= 0.6 is 0 Å². The van der Waals surface area contributed by atoms with Gasteiger partial charge in [0.2, 0.25) is 5.91 Å². The van der Waals surface area contributed by atoms with Gasteiger partial charge in [-0.25, -0.2) is 0 Å². The summed E-state index contributed by atoms with van der Waals surface area (Å²) in [4.78, 5) is 27.8. The van der Waals surface area contributed by atoms with E-state index in [-0.39, 0.29) is 11.8 Å². The number of hydrogen-bond acceptors (Lipinski definition) is 4. The minimum Gasteiger partial charge on any atom is -0.330 e. The molecule has 2 amide bonds. The quantitative estimate of drug-likeness (QED) is 0.762. The smallest absolute Gasteiger partial charge is 0.255 e. The molecule has 0 bridgehead atoms. The maximum atomic E-state index is 12.1. The van der Waals surface area contributed by atoms with E-state index in [9.17, 15) is 9.59 Å². The van der Waals surface area contributed by atoms with Crippen LogP contribution in [0.1, 0.15) is 28.8 Å². The Labute approximate surface area is 135 Å². The summed E-state index contributed by atoms with van der Waals surface area (Å²) in [6.45, 7) is 2.38. The molecule has 6 nitrogen and oxygen atoms in total. The fraction of sp³-hybridized carbons (Fsp3) is 0.235. The van der Waals surface area contributed by atoms with Crippen LogP contribution in [0.3, 0.4) is 0 Å². The van der Waals surface area contributed by atoms with E-state index in [0.717, 1.165) is 5.56 Å². The first kappa shape index (κ1) is 16.6. The molecule has 0 saturated heterocycles. The molecule has 23 heavy (non-hydrogen) atoms. The molecule has 1 aromatic heterocycles. The van der Waals surface area contributed by atoms with Gasteiger partial charge in [0.1, 0.15) is 0 Å². The Morgan fingerprint density at radius 2 is 1.87 bits per heavy atom. The fourth-order valence-electron chi connectivity index (χ4n) is 2.02. The average Bonchev–Trinajstić information content (AvgIpc) is 2.56. The first-order valence-corrected chi connectivity index (χ1v) is 7.42. The number of rotatable bonds is 6. The zero-order valence-electron chi connectivity index (χ0n) is 13.0. The standard InChI is InChI=1S/C17H20N4O2/c1-12-4-5-14(11-15(12)21-16(22)3-2-8-18)20-17(23)13-6-9-19-10-7-13/h4-7,9-11H,2-3,8,18H2,1H3,(H,20,23)(H,21,22). The summed E-state index contributed by atoms with van der Waals surface area (Å²) in [5, 5.41) is 5.65. The molecule has 1 heterocycles. The summed E-state index contributed by atoms with van der Waals surface area (Å²) < 4.78 is 0. The molecular formula is C17H20N4O2. The van der Waals surface area contributed by atoms with Crippen LogP contribution in [0.25, 0.3) is 0 Å². The Balaban J connectivity index is 2.07. The summed E-state index contributed by atoms with van der Waals surface area (Å²) in [5.41, 5.74) is 8.15. The van der Waals surface area contributed by atoms with E-state index < -0.39 is 0 Å². The van der Waals surface area contributed by atoms with Gasteiger partial charge in [-0.15, -0.1) is 0 Å². The summed E-state index contributed by atoms with van der Waals surface area (Å²) in [6.07, 6.45) is 4.15. The Morgan fingerprint density at radius 3 is 2.57 bits per heavy atom. The molecule has 0 unspecified atom stereocenters. The van der Waals surface area contributed by atoms with Crippen molar-refractivity contribution in [1.29, 1.82) is 0 Å². The van der Waals surface area contributed by atoms with Gasteiger partial charge in [-0.05, 0) is 49.7 Å². The van der Waals surface area contributed by atoms with E-state index in [1.165, 1.54) is 0 Å². The van der Waals surface area contributed by atoms with Gasteiger partial charge >= 0.3 is 0 Å². The molecule has 0 saturated carbocycles. The van der Waals surface area contributed by atoms with Gasteiger partial charge < -0.3 is 16.4 Å². The maximum Gasteiger partial charge on any atom is 0.255 e. The number of anilines is 2. The lowest BCUT2D eigenvalue weighted by atomic mass is 10.1. The molecule has 4 N–H and O–H groups in total. The van der Waals surface area contributed by atoms with Gasteiger partial charge in [-0.3, -0.25) is 14.6 Å². The van der Waals surface area contributed by atoms with Crippen molar-refractivity contribution in [2.45, 2.75) is 19.8 Å². The zero-order chi connectivity index (χ0) is 16.7. The average molecular weight is 312 g/mol. The number of benzene rings is 1. The van der Waals surface area contributed by atoms with Crippen LogP contribution in [-0.2, 0) is 4.79 Å². The number of carbonyl (C=O) groups excluding carboxylic acids is 2. The molecule has 0 aliphatic heterocycles. The van der Waals surface area contributed by atoms with Crippen molar-refractivity contribution in [3.63, 3.8) is 0 Å². The molecule has 0 radical (unpaired) electrons. The normalized spacial score (nSPS) is 10.2. The highest BCUT2D eigenvalue weighted by molar-refractivity contribution is 6.04. The number of hydrogen-bond donors (Lipinski definition) is 3. The van der Waals surface area contributed by atoms with E-state index in [1.807, 2.05) is 13.0 Å². The molecule has 120 valence electrons. The Morgan fingerprint density at radius 1 is 1.13 bits per heavy atom. The van der Waals surface area contributed by atoms with Crippen LogP contribution in [0, 0.1) is 6.92 Å². The molecule has 0 aliphatic rings. The second-order valence-electron chi connectivity index (χ2n) is 5.16. The third kappa shape index (κ3) is 4.89. The number of aryl methyl sites for hydroxylation is 1. The second-order valence-corrected chi connectivity index (χ2v) is 5.16. The minimum atomic E-state index is -0.225. The van der Waals surface area contributed by atoms with Crippen LogP contribution in [0.2, 0.25) is 0 Å². The number of carbonyl (C=O) groups is 2. The van der Waals surface area contributed by atoms with E-state index in [2.05, 4.69) is 15.6 Å². The van der Waals surface area contributed by atoms with Gasteiger partial charge in [0.15, 0.2) is 0 Å². The maximum absolute atomic E-state index is 12.1. The molecule has 0 fully saturated rings. The topological polar surface area (TPSA) is 97.1 Å². The Bertz CT molecular complexity index is 686. The first-order valence-electron chi connectivity index (χ1n) is 7.42. The van der Waals surface area contributed by atoms with Crippen LogP contribution < -0.4 is 16.4 Å². The molecule has 1 aromatic carbocycles. The predicted octanol–water partition coefficient (Wildman–Crippen LogP) is 2.32. The third-order valence-electron chi connectivity index (χ3n) is 3.32. The van der Waals surface area contributed by atoms with Gasteiger partial charge in [0.25, 0.3) is 5.91 Å². The molecule has 6 heteroatoms. The highest BCUT2D eigenvalue weighted by Gasteiger charge is 2.09. The number of nitrogens with two attached hydrogens (primary N) is 1. The zero-order valence-corrected chi connectivity index (χ0v) is 13.0. The Kier molecular flexibility index (Phi) is 5.82. The monoisotopic (exact) mass is 312 g/mol. The van der Waals surface area contributed by atoms with E-state index >= 15 is 0 Å². The van der Waals surface area contributed by atoms with Crippen LogP contribution in [0.4, 0.5) is 11.4 Å². The second kappa shape index (κ2) is 8.05. The number of pyridine rings is 1. The number of nitrogens with one attached hydrogen (secondary N) is 2. The van der Waals surface area contributed by atoms with Crippen molar-refractivity contribution in [3.05, 3.63) is 53.9 Å². The third-order valence-corrected chi connectivity index (χ3v) is 3.32. The lowest BCUT2D eigenvalue weighted by Crippen LogP contribution is -2.15. The number of nitrogens with zero attached hydrogens (tertiary/aromatic N) is 1. The van der Waals surface area contributed by atoms with Crippen molar-refractivity contribution in [1.82, 2.24) is 4.98 Å². The lowest BCUT2D eigenvalue weighted by molar-refractivity contribution is -0.116. The van der Waals surface area contributed by atoms with Crippen molar-refractivity contribution >= 4 is 23.2 Å². The highest BCUT2D eigenvalue weighted by Crippen LogP contribution is 2.21. The molecular weight excluding hydrogens is 292 g/mol. The van der Waals surface area contributed by atoms with Gasteiger partial charge in [0.05, 0.1) is 0 Å². The molecule has 0 atom stereocenters. The fourth-order valence-corrected chi connectivity index (χ4v) is 2.02. The van der Waals surface area contributed by atoms with Gasteiger partial charge in [-0.1, -0.05) is 6.07 Å². The SMILES string of the molecule is Cc1ccc(NC(=O)c2ccncc2)cc1NC(=O)CCCN. The van der Waals surface area contributed by atoms with E-state index in [1.54, 1.807) is 36.7 Å². The van der Waals surface area contributed by atoms with Crippen LogP contribution in [-0.4, -0.2) is 23.3 Å². The molecule has 0 aliphatic carbocycles. The van der Waals surface area contributed by atoms with Crippen LogP contribution in [0.15, 0.2) is 42.7 Å².